The number of benzene rings is 1. The molecule has 0 bridgehead atoms. The molecule has 12 nitrogen and oxygen atoms in total. The van der Waals surface area contributed by atoms with Crippen molar-refractivity contribution in [3.8, 4) is 0 Å². The number of aliphatic hydroxyl groups is 1. The molecule has 1 unspecified atom stereocenters. The van der Waals surface area contributed by atoms with E-state index in [1.165, 1.54) is 12.0 Å². The smallest absolute Gasteiger partial charge is 0.454 e. The summed E-state index contributed by atoms with van der Waals surface area (Å²) >= 11 is 0. The third-order valence-corrected chi connectivity index (χ3v) is 7.94. The van der Waals surface area contributed by atoms with Crippen molar-refractivity contribution in [2.24, 2.45) is 16.8 Å². The molecule has 1 aromatic rings. The molecule has 6 N–H and O–H groups in total. The second-order valence-electron chi connectivity index (χ2n) is 11.2. The number of ether oxygens (including phenoxy) is 1. The summed E-state index contributed by atoms with van der Waals surface area (Å²) in [5.74, 6) is -1.26. The molecule has 2 fully saturated rings. The molecule has 3 rings (SSSR count). The number of hydrogen-bond donors (Lipinski definition) is 5. The summed E-state index contributed by atoms with van der Waals surface area (Å²) < 4.78 is 42.1. The van der Waals surface area contributed by atoms with Gasteiger partial charge in [0.15, 0.2) is 0 Å². The number of methoxy groups -OCH3 is 1. The second-order valence-corrected chi connectivity index (χ2v) is 11.2. The van der Waals surface area contributed by atoms with E-state index in [0.717, 1.165) is 37.7 Å². The van der Waals surface area contributed by atoms with E-state index in [9.17, 15) is 27.6 Å². The summed E-state index contributed by atoms with van der Waals surface area (Å²) in [6.07, 6.45) is -1.16. The first-order valence-corrected chi connectivity index (χ1v) is 14.9. The summed E-state index contributed by atoms with van der Waals surface area (Å²) in [5.41, 5.74) is 6.57. The molecule has 2 amide bonds. The molecule has 2 aliphatic rings. The zero-order valence-corrected chi connectivity index (χ0v) is 24.9. The predicted octanol–water partition coefficient (Wildman–Crippen LogP) is 1.52. The largest absolute Gasteiger partial charge is 0.468 e. The fourth-order valence-corrected chi connectivity index (χ4v) is 5.43. The minimum Gasteiger partial charge on any atom is -0.468 e. The van der Waals surface area contributed by atoms with E-state index in [0.29, 0.717) is 25.2 Å². The lowest BCUT2D eigenvalue weighted by atomic mass is 9.84. The zero-order chi connectivity index (χ0) is 32.1. The Morgan fingerprint density at radius 2 is 1.70 bits per heavy atom. The molecule has 1 aromatic carbocycles. The molecular weight excluding hydrogens is 585 g/mol. The third kappa shape index (κ3) is 11.5. The van der Waals surface area contributed by atoms with Crippen LogP contribution in [0.3, 0.4) is 0 Å². The van der Waals surface area contributed by atoms with Crippen LogP contribution in [-0.2, 0) is 30.4 Å². The van der Waals surface area contributed by atoms with Gasteiger partial charge < -0.3 is 35.9 Å². The van der Waals surface area contributed by atoms with Gasteiger partial charge in [0.25, 0.3) is 0 Å². The normalized spacial score (nSPS) is 19.0. The Hall–Kier alpha value is -3.59. The Labute approximate surface area is 254 Å². The first-order chi connectivity index (χ1) is 21.0. The topological polar surface area (TPSA) is 168 Å². The minimum atomic E-state index is -5.00. The monoisotopic (exact) mass is 628 g/mol. The summed E-state index contributed by atoms with van der Waals surface area (Å²) in [7, 11) is 1.28. The molecular formula is C29H43F3N6O6. The number of nitrogens with zero attached hydrogens (tertiary/aromatic N) is 2. The molecule has 0 radical (unpaired) electrons. The van der Waals surface area contributed by atoms with Gasteiger partial charge in [0, 0.05) is 25.6 Å². The SMILES string of the molecule is COC(=O)CN[C@H](CC1CCCCC1)C(=O)N[C@@H](Cc1ccccc1)C(=O)NC1CCN(/C(N)=N/OC(O)C(F)(F)F)CC1. The van der Waals surface area contributed by atoms with E-state index < -0.39 is 30.5 Å². The lowest BCUT2D eigenvalue weighted by molar-refractivity contribution is -0.294. The molecule has 1 saturated carbocycles. The molecule has 15 heteroatoms. The fourth-order valence-electron chi connectivity index (χ4n) is 5.43. The van der Waals surface area contributed by atoms with Crippen LogP contribution in [0.2, 0.25) is 0 Å². The standard InChI is InChI=1S/C29H43F3N6O6/c1-43-24(39)18-34-22(16-19-8-4-2-5-9-19)25(40)36-23(17-20-10-6-3-7-11-20)26(41)35-21-12-14-38(15-13-21)28(33)37-44-27(42)29(30,31)32/h3,6-7,10-11,19,21-23,27,34,42H,2,4-5,8-9,12-18H2,1H3,(H2,33,37)(H,35,41)(H,36,40)/t22-,23+,27?/m1/s1. The summed E-state index contributed by atoms with van der Waals surface area (Å²) in [5, 5.41) is 21.0. The van der Waals surface area contributed by atoms with Gasteiger partial charge in [-0.2, -0.15) is 13.2 Å². The Morgan fingerprint density at radius 1 is 1.05 bits per heavy atom. The van der Waals surface area contributed by atoms with Crippen LogP contribution in [0.1, 0.15) is 56.9 Å². The van der Waals surface area contributed by atoms with E-state index in [4.69, 9.17) is 15.6 Å². The summed E-state index contributed by atoms with van der Waals surface area (Å²) in [6, 6.07) is 7.38. The minimum absolute atomic E-state index is 0.137. The number of carbonyl (C=O) groups is 3. The van der Waals surface area contributed by atoms with Crippen molar-refractivity contribution < 1.29 is 42.2 Å². The van der Waals surface area contributed by atoms with Gasteiger partial charge in [-0.3, -0.25) is 19.7 Å². The number of nitrogens with one attached hydrogen (secondary N) is 3. The average Bonchev–Trinajstić information content (AvgIpc) is 3.01. The number of likely N-dealkylation sites (tertiary alicyclic amines) is 1. The van der Waals surface area contributed by atoms with Crippen LogP contribution in [0.5, 0.6) is 0 Å². The number of oxime groups is 1. The number of piperidine rings is 1. The number of alkyl halides is 3. The van der Waals surface area contributed by atoms with Gasteiger partial charge in [-0.05, 0) is 35.9 Å². The maximum absolute atomic E-state index is 13.6. The average molecular weight is 629 g/mol. The van der Waals surface area contributed by atoms with E-state index in [1.54, 1.807) is 0 Å². The van der Waals surface area contributed by atoms with Crippen LogP contribution in [0.4, 0.5) is 13.2 Å². The lowest BCUT2D eigenvalue weighted by Crippen LogP contribution is -2.57. The number of rotatable bonds is 13. The van der Waals surface area contributed by atoms with Crippen LogP contribution in [0.15, 0.2) is 35.5 Å². The van der Waals surface area contributed by atoms with Crippen molar-refractivity contribution in [1.29, 1.82) is 0 Å². The molecule has 0 aromatic heterocycles. The maximum atomic E-state index is 13.6. The number of nitrogens with two attached hydrogens (primary N) is 1. The first-order valence-electron chi connectivity index (χ1n) is 14.9. The molecule has 1 aliphatic carbocycles. The highest BCUT2D eigenvalue weighted by atomic mass is 19.4. The third-order valence-electron chi connectivity index (χ3n) is 7.94. The molecule has 1 aliphatic heterocycles. The molecule has 3 atom stereocenters. The molecule has 44 heavy (non-hydrogen) atoms. The van der Waals surface area contributed by atoms with Crippen molar-refractivity contribution >= 4 is 23.7 Å². The van der Waals surface area contributed by atoms with Crippen LogP contribution < -0.4 is 21.7 Å². The molecule has 1 heterocycles. The van der Waals surface area contributed by atoms with Gasteiger partial charge in [-0.15, -0.1) is 0 Å². The van der Waals surface area contributed by atoms with Crippen molar-refractivity contribution in [3.05, 3.63) is 35.9 Å². The van der Waals surface area contributed by atoms with Gasteiger partial charge in [0.05, 0.1) is 19.7 Å². The number of amides is 2. The van der Waals surface area contributed by atoms with Crippen LogP contribution in [-0.4, -0.2) is 91.1 Å². The highest BCUT2D eigenvalue weighted by Crippen LogP contribution is 2.27. The van der Waals surface area contributed by atoms with Gasteiger partial charge >= 0.3 is 18.4 Å². The number of hydrogen-bond acceptors (Lipinski definition) is 8. The number of carbonyl (C=O) groups excluding carboxylic acids is 3. The number of aliphatic hydroxyl groups excluding tert-OH is 1. The van der Waals surface area contributed by atoms with Crippen LogP contribution in [0, 0.1) is 5.92 Å². The molecule has 0 spiro atoms. The Balaban J connectivity index is 1.63. The van der Waals surface area contributed by atoms with Crippen molar-refractivity contribution in [3.63, 3.8) is 0 Å². The van der Waals surface area contributed by atoms with Crippen molar-refractivity contribution in [1.82, 2.24) is 20.9 Å². The number of esters is 1. The quantitative estimate of drug-likeness (QED) is 0.0716. The maximum Gasteiger partial charge on any atom is 0.454 e. The van der Waals surface area contributed by atoms with Crippen LogP contribution in [0.25, 0.3) is 0 Å². The van der Waals surface area contributed by atoms with Gasteiger partial charge in [0.1, 0.15) is 6.04 Å². The first kappa shape index (κ1) is 34.9. The van der Waals surface area contributed by atoms with E-state index >= 15 is 0 Å². The Morgan fingerprint density at radius 3 is 2.32 bits per heavy atom. The molecule has 246 valence electrons. The van der Waals surface area contributed by atoms with Crippen LogP contribution >= 0.6 is 0 Å². The van der Waals surface area contributed by atoms with Crippen molar-refractivity contribution in [2.45, 2.75) is 88.4 Å². The Kier molecular flexibility index (Phi) is 13.5. The summed E-state index contributed by atoms with van der Waals surface area (Å²) in [4.78, 5) is 44.5. The predicted molar refractivity (Wildman–Crippen MR) is 155 cm³/mol. The highest BCUT2D eigenvalue weighted by molar-refractivity contribution is 5.90. The molecule has 1 saturated heterocycles. The fraction of sp³-hybridized carbons (Fsp3) is 0.655. The van der Waals surface area contributed by atoms with Crippen molar-refractivity contribution in [2.75, 3.05) is 26.7 Å². The zero-order valence-electron chi connectivity index (χ0n) is 24.9. The highest BCUT2D eigenvalue weighted by Gasteiger charge is 2.41. The number of guanidine groups is 1. The van der Waals surface area contributed by atoms with E-state index in [2.05, 4.69) is 25.9 Å². The Bertz CT molecular complexity index is 1090. The van der Waals surface area contributed by atoms with E-state index in [-0.39, 0.29) is 49.9 Å². The van der Waals surface area contributed by atoms with Gasteiger partial charge in [0.2, 0.25) is 17.8 Å². The lowest BCUT2D eigenvalue weighted by Gasteiger charge is -2.33. The summed E-state index contributed by atoms with van der Waals surface area (Å²) in [6.45, 7) is 0.396. The number of halogens is 3. The van der Waals surface area contributed by atoms with Gasteiger partial charge in [-0.25, -0.2) is 0 Å². The van der Waals surface area contributed by atoms with E-state index in [1.807, 2.05) is 30.3 Å². The second kappa shape index (κ2) is 17.0. The van der Waals surface area contributed by atoms with Gasteiger partial charge in [-0.1, -0.05) is 62.4 Å².